The van der Waals surface area contributed by atoms with E-state index in [9.17, 15) is 13.2 Å². The molecule has 0 aromatic heterocycles. The van der Waals surface area contributed by atoms with Crippen LogP contribution in [0.25, 0.3) is 0 Å². The second kappa shape index (κ2) is 7.41. The van der Waals surface area contributed by atoms with Gasteiger partial charge in [-0.2, -0.15) is 0 Å². The van der Waals surface area contributed by atoms with Crippen molar-refractivity contribution in [3.05, 3.63) is 90.5 Å². The van der Waals surface area contributed by atoms with Gasteiger partial charge in [-0.25, -0.2) is 17.9 Å². The molecule has 0 aliphatic rings. The van der Waals surface area contributed by atoms with Gasteiger partial charge in [-0.05, 0) is 43.3 Å². The first-order chi connectivity index (χ1) is 12.5. The fraction of sp³-hybridized carbons (Fsp3) is 0.0500. The van der Waals surface area contributed by atoms with Gasteiger partial charge in [0.15, 0.2) is 0 Å². The van der Waals surface area contributed by atoms with Crippen LogP contribution in [0.3, 0.4) is 0 Å². The molecule has 1 N–H and O–H groups in total. The number of carbonyl (C=O) groups excluding carboxylic acids is 1. The van der Waals surface area contributed by atoms with E-state index in [0.29, 0.717) is 11.4 Å². The zero-order valence-corrected chi connectivity index (χ0v) is 15.0. The van der Waals surface area contributed by atoms with E-state index in [4.69, 9.17) is 0 Å². The largest absolute Gasteiger partial charge is 0.340 e. The molecular formula is C20H18N2O3S. The molecule has 3 rings (SSSR count). The van der Waals surface area contributed by atoms with E-state index in [1.807, 2.05) is 19.1 Å². The molecule has 0 aliphatic carbocycles. The van der Waals surface area contributed by atoms with Gasteiger partial charge < -0.3 is 0 Å². The SMILES string of the molecule is Cc1ccc(S(=O)(=O)NC(=O)N(c2ccccc2)c2ccccc2)cc1. The molecule has 0 spiro atoms. The first-order valence-corrected chi connectivity index (χ1v) is 9.49. The number of nitrogens with one attached hydrogen (secondary N) is 1. The lowest BCUT2D eigenvalue weighted by Gasteiger charge is -2.23. The lowest BCUT2D eigenvalue weighted by atomic mass is 10.2. The van der Waals surface area contributed by atoms with Crippen molar-refractivity contribution in [2.45, 2.75) is 11.8 Å². The van der Waals surface area contributed by atoms with Crippen molar-refractivity contribution >= 4 is 27.4 Å². The molecule has 26 heavy (non-hydrogen) atoms. The Kier molecular flexibility index (Phi) is 5.04. The molecule has 3 aromatic carbocycles. The smallest absolute Gasteiger partial charge is 0.262 e. The summed E-state index contributed by atoms with van der Waals surface area (Å²) in [5.74, 6) is 0. The van der Waals surface area contributed by atoms with E-state index in [1.165, 1.54) is 17.0 Å². The highest BCUT2D eigenvalue weighted by Crippen LogP contribution is 2.25. The number of urea groups is 1. The van der Waals surface area contributed by atoms with Crippen molar-refractivity contribution < 1.29 is 13.2 Å². The Bertz CT molecular complexity index is 947. The predicted molar refractivity (Wildman–Crippen MR) is 102 cm³/mol. The third-order valence-corrected chi connectivity index (χ3v) is 5.12. The quantitative estimate of drug-likeness (QED) is 0.751. The van der Waals surface area contributed by atoms with Crippen molar-refractivity contribution in [2.75, 3.05) is 4.90 Å². The summed E-state index contributed by atoms with van der Waals surface area (Å²) < 4.78 is 27.3. The first kappa shape index (κ1) is 17.7. The lowest BCUT2D eigenvalue weighted by molar-refractivity contribution is 0.253. The maximum atomic E-state index is 12.8. The molecule has 0 unspecified atom stereocenters. The zero-order valence-electron chi connectivity index (χ0n) is 14.2. The van der Waals surface area contributed by atoms with E-state index in [-0.39, 0.29) is 4.90 Å². The van der Waals surface area contributed by atoms with E-state index < -0.39 is 16.1 Å². The number of hydrogen-bond donors (Lipinski definition) is 1. The summed E-state index contributed by atoms with van der Waals surface area (Å²) in [6, 6.07) is 23.3. The van der Waals surface area contributed by atoms with Crippen LogP contribution in [0.15, 0.2) is 89.8 Å². The van der Waals surface area contributed by atoms with Crippen LogP contribution in [0.4, 0.5) is 16.2 Å². The molecule has 0 saturated heterocycles. The number of hydrogen-bond acceptors (Lipinski definition) is 3. The average molecular weight is 366 g/mol. The van der Waals surface area contributed by atoms with Gasteiger partial charge >= 0.3 is 6.03 Å². The van der Waals surface area contributed by atoms with E-state index in [1.54, 1.807) is 60.7 Å². The molecule has 0 radical (unpaired) electrons. The van der Waals surface area contributed by atoms with Crippen molar-refractivity contribution in [1.29, 1.82) is 0 Å². The standard InChI is InChI=1S/C20H18N2O3S/c1-16-12-14-19(15-13-16)26(24,25)21-20(23)22(17-8-4-2-5-9-17)18-10-6-3-7-11-18/h2-15H,1H3,(H,21,23). The van der Waals surface area contributed by atoms with Crippen LogP contribution < -0.4 is 9.62 Å². The van der Waals surface area contributed by atoms with Crippen molar-refractivity contribution in [2.24, 2.45) is 0 Å². The van der Waals surface area contributed by atoms with Crippen LogP contribution >= 0.6 is 0 Å². The van der Waals surface area contributed by atoms with Crippen molar-refractivity contribution in [1.82, 2.24) is 4.72 Å². The lowest BCUT2D eigenvalue weighted by Crippen LogP contribution is -2.40. The first-order valence-electron chi connectivity index (χ1n) is 8.01. The Labute approximate surface area is 153 Å². The minimum Gasteiger partial charge on any atom is -0.262 e. The van der Waals surface area contributed by atoms with E-state index in [2.05, 4.69) is 4.72 Å². The summed E-state index contributed by atoms with van der Waals surface area (Å²) in [5.41, 5.74) is 2.07. The maximum Gasteiger partial charge on any atom is 0.340 e. The van der Waals surface area contributed by atoms with Gasteiger partial charge in [0.25, 0.3) is 10.0 Å². The van der Waals surface area contributed by atoms with Crippen LogP contribution in [0.1, 0.15) is 5.56 Å². The second-order valence-corrected chi connectivity index (χ2v) is 7.41. The van der Waals surface area contributed by atoms with Crippen LogP contribution in [-0.2, 0) is 10.0 Å². The van der Waals surface area contributed by atoms with E-state index >= 15 is 0 Å². The van der Waals surface area contributed by atoms with Crippen LogP contribution in [0.5, 0.6) is 0 Å². The summed E-state index contributed by atoms with van der Waals surface area (Å²) >= 11 is 0. The Balaban J connectivity index is 1.95. The Morgan fingerprint density at radius 2 is 1.23 bits per heavy atom. The number of aryl methyl sites for hydroxylation is 1. The molecule has 3 aromatic rings. The molecule has 0 fully saturated rings. The minimum atomic E-state index is -3.98. The number of sulfonamides is 1. The van der Waals surface area contributed by atoms with Gasteiger partial charge in [-0.3, -0.25) is 4.90 Å². The summed E-state index contributed by atoms with van der Waals surface area (Å²) in [7, 11) is -3.98. The summed E-state index contributed by atoms with van der Waals surface area (Å²) in [5, 5.41) is 0. The zero-order chi connectivity index (χ0) is 18.6. The number of benzene rings is 3. The molecule has 0 atom stereocenters. The topological polar surface area (TPSA) is 66.5 Å². The highest BCUT2D eigenvalue weighted by Gasteiger charge is 2.24. The number of carbonyl (C=O) groups is 1. The highest BCUT2D eigenvalue weighted by atomic mass is 32.2. The second-order valence-electron chi connectivity index (χ2n) is 5.73. The molecule has 2 amide bonds. The van der Waals surface area contributed by atoms with Crippen LogP contribution in [0.2, 0.25) is 0 Å². The van der Waals surface area contributed by atoms with Crippen molar-refractivity contribution in [3.8, 4) is 0 Å². The van der Waals surface area contributed by atoms with Crippen LogP contribution in [0, 0.1) is 6.92 Å². The van der Waals surface area contributed by atoms with E-state index in [0.717, 1.165) is 5.56 Å². The Morgan fingerprint density at radius 1 is 0.769 bits per heavy atom. The third kappa shape index (κ3) is 3.92. The fourth-order valence-corrected chi connectivity index (χ4v) is 3.41. The molecule has 0 saturated carbocycles. The number of para-hydroxylation sites is 2. The van der Waals surface area contributed by atoms with Gasteiger partial charge in [0, 0.05) is 0 Å². The van der Waals surface area contributed by atoms with Gasteiger partial charge in [0.05, 0.1) is 16.3 Å². The molecule has 0 heterocycles. The third-order valence-electron chi connectivity index (χ3n) is 3.78. The van der Waals surface area contributed by atoms with Crippen LogP contribution in [-0.4, -0.2) is 14.4 Å². The molecule has 132 valence electrons. The molecule has 0 bridgehead atoms. The summed E-state index contributed by atoms with van der Waals surface area (Å²) in [6.07, 6.45) is 0. The molecular weight excluding hydrogens is 348 g/mol. The number of rotatable bonds is 4. The van der Waals surface area contributed by atoms with Crippen molar-refractivity contribution in [3.63, 3.8) is 0 Å². The number of anilines is 2. The molecule has 6 heteroatoms. The Hall–Kier alpha value is -3.12. The predicted octanol–water partition coefficient (Wildman–Crippen LogP) is 4.23. The molecule has 0 aliphatic heterocycles. The van der Waals surface area contributed by atoms with Gasteiger partial charge in [-0.1, -0.05) is 54.1 Å². The highest BCUT2D eigenvalue weighted by molar-refractivity contribution is 7.90. The molecule has 5 nitrogen and oxygen atoms in total. The van der Waals surface area contributed by atoms with Gasteiger partial charge in [-0.15, -0.1) is 0 Å². The monoisotopic (exact) mass is 366 g/mol. The number of nitrogens with zero attached hydrogens (tertiary/aromatic N) is 1. The number of amides is 2. The normalized spacial score (nSPS) is 11.0. The Morgan fingerprint density at radius 3 is 1.69 bits per heavy atom. The van der Waals surface area contributed by atoms with Gasteiger partial charge in [0.2, 0.25) is 0 Å². The van der Waals surface area contributed by atoms with Gasteiger partial charge in [0.1, 0.15) is 0 Å². The minimum absolute atomic E-state index is 0.0394. The maximum absolute atomic E-state index is 12.8. The summed E-state index contributed by atoms with van der Waals surface area (Å²) in [4.78, 5) is 14.2. The summed E-state index contributed by atoms with van der Waals surface area (Å²) in [6.45, 7) is 1.86. The fourth-order valence-electron chi connectivity index (χ4n) is 2.47. The average Bonchev–Trinajstić information content (AvgIpc) is 2.63.